The van der Waals surface area contributed by atoms with E-state index in [2.05, 4.69) is 41.0 Å². The maximum atomic E-state index is 13.6. The number of fused-ring (bicyclic) bond motifs is 3. The van der Waals surface area contributed by atoms with Gasteiger partial charge in [-0.3, -0.25) is 4.57 Å². The predicted molar refractivity (Wildman–Crippen MR) is 125 cm³/mol. The van der Waals surface area contributed by atoms with Crippen molar-refractivity contribution < 1.29 is 4.74 Å². The van der Waals surface area contributed by atoms with Crippen molar-refractivity contribution in [3.63, 3.8) is 0 Å². The Morgan fingerprint density at radius 3 is 2.44 bits per heavy atom. The molecule has 32 heavy (non-hydrogen) atoms. The smallest absolute Gasteiger partial charge is 0.350 e. The van der Waals surface area contributed by atoms with Gasteiger partial charge in [0, 0.05) is 29.6 Å². The highest BCUT2D eigenvalue weighted by atomic mass is 35.5. The number of rotatable bonds is 3. The van der Waals surface area contributed by atoms with Gasteiger partial charge < -0.3 is 9.64 Å². The van der Waals surface area contributed by atoms with Gasteiger partial charge in [-0.1, -0.05) is 44.5 Å². The van der Waals surface area contributed by atoms with Crippen LogP contribution in [0.15, 0.2) is 41.2 Å². The van der Waals surface area contributed by atoms with Crippen LogP contribution >= 0.6 is 11.6 Å². The molecule has 1 saturated heterocycles. The van der Waals surface area contributed by atoms with E-state index in [0.717, 1.165) is 35.7 Å². The fourth-order valence-corrected chi connectivity index (χ4v) is 4.04. The van der Waals surface area contributed by atoms with E-state index in [0.29, 0.717) is 35.8 Å². The van der Waals surface area contributed by atoms with Gasteiger partial charge >= 0.3 is 5.69 Å². The summed E-state index contributed by atoms with van der Waals surface area (Å²) in [6.07, 6.45) is 0. The molecule has 0 radical (unpaired) electrons. The molecule has 0 spiro atoms. The van der Waals surface area contributed by atoms with Crippen LogP contribution in [0.2, 0.25) is 5.02 Å². The van der Waals surface area contributed by atoms with Crippen molar-refractivity contribution in [2.45, 2.75) is 32.7 Å². The largest absolute Gasteiger partial charge is 0.378 e. The fourth-order valence-electron chi connectivity index (χ4n) is 3.91. The topological polar surface area (TPSA) is 77.5 Å². The third-order valence-corrected chi connectivity index (χ3v) is 6.03. The number of halogens is 1. The van der Waals surface area contributed by atoms with E-state index >= 15 is 0 Å². The lowest BCUT2D eigenvalue weighted by molar-refractivity contribution is 0.122. The molecule has 3 aromatic heterocycles. The summed E-state index contributed by atoms with van der Waals surface area (Å²) in [5, 5.41) is 14.3. The second kappa shape index (κ2) is 7.86. The molecule has 1 aromatic carbocycles. The van der Waals surface area contributed by atoms with Gasteiger partial charge in [0.25, 0.3) is 0 Å². The molecule has 0 saturated carbocycles. The van der Waals surface area contributed by atoms with Crippen molar-refractivity contribution in [2.75, 3.05) is 31.2 Å². The van der Waals surface area contributed by atoms with Crippen molar-refractivity contribution in [2.24, 2.45) is 0 Å². The van der Waals surface area contributed by atoms with Crippen LogP contribution in [-0.2, 0) is 16.7 Å². The lowest BCUT2D eigenvalue weighted by Crippen LogP contribution is -2.37. The number of ether oxygens (including phenoxy) is 1. The van der Waals surface area contributed by atoms with Gasteiger partial charge in [0.15, 0.2) is 5.82 Å². The molecule has 1 aliphatic heterocycles. The first kappa shape index (κ1) is 20.9. The Kier molecular flexibility index (Phi) is 5.14. The van der Waals surface area contributed by atoms with Crippen LogP contribution in [0.25, 0.3) is 16.6 Å². The maximum Gasteiger partial charge on any atom is 0.350 e. The van der Waals surface area contributed by atoms with Gasteiger partial charge in [-0.25, -0.2) is 4.79 Å². The van der Waals surface area contributed by atoms with Crippen molar-refractivity contribution in [1.29, 1.82) is 0 Å². The van der Waals surface area contributed by atoms with E-state index in [1.54, 1.807) is 4.57 Å². The van der Waals surface area contributed by atoms with Gasteiger partial charge in [-0.05, 0) is 23.8 Å². The summed E-state index contributed by atoms with van der Waals surface area (Å²) in [6, 6.07) is 11.4. The summed E-state index contributed by atoms with van der Waals surface area (Å²) in [6.45, 7) is 9.38. The summed E-state index contributed by atoms with van der Waals surface area (Å²) in [7, 11) is 0. The Hall–Kier alpha value is -2.97. The highest BCUT2D eigenvalue weighted by Crippen LogP contribution is 2.26. The van der Waals surface area contributed by atoms with Crippen LogP contribution in [0.5, 0.6) is 0 Å². The van der Waals surface area contributed by atoms with E-state index < -0.39 is 0 Å². The highest BCUT2D eigenvalue weighted by Gasteiger charge is 2.23. The maximum absolute atomic E-state index is 13.6. The Labute approximate surface area is 190 Å². The fraction of sp³-hybridized carbons (Fsp3) is 0.391. The molecule has 4 aromatic rings. The Balaban J connectivity index is 1.75. The predicted octanol–water partition coefficient (Wildman–Crippen LogP) is 3.28. The van der Waals surface area contributed by atoms with Crippen LogP contribution < -0.4 is 10.6 Å². The Bertz CT molecular complexity index is 1350. The van der Waals surface area contributed by atoms with Gasteiger partial charge in [0.1, 0.15) is 11.0 Å². The zero-order valence-corrected chi connectivity index (χ0v) is 19.1. The van der Waals surface area contributed by atoms with Gasteiger partial charge in [-0.15, -0.1) is 10.2 Å². The first-order valence-electron chi connectivity index (χ1n) is 10.7. The average molecular weight is 453 g/mol. The molecule has 166 valence electrons. The molecule has 5 rings (SSSR count). The third-order valence-electron chi connectivity index (χ3n) is 5.77. The van der Waals surface area contributed by atoms with E-state index in [-0.39, 0.29) is 11.1 Å². The van der Waals surface area contributed by atoms with Crippen LogP contribution in [0.4, 0.5) is 5.82 Å². The Morgan fingerprint density at radius 1 is 1.03 bits per heavy atom. The molecule has 0 unspecified atom stereocenters. The third kappa shape index (κ3) is 3.73. The molecule has 0 atom stereocenters. The molecule has 4 heterocycles. The second-order valence-corrected chi connectivity index (χ2v) is 9.54. The number of benzene rings is 1. The van der Waals surface area contributed by atoms with E-state index in [9.17, 15) is 4.79 Å². The van der Waals surface area contributed by atoms with Crippen molar-refractivity contribution in [3.05, 3.63) is 63.2 Å². The van der Waals surface area contributed by atoms with Crippen molar-refractivity contribution in [1.82, 2.24) is 24.4 Å². The van der Waals surface area contributed by atoms with Crippen LogP contribution in [-0.4, -0.2) is 50.7 Å². The molecule has 1 aliphatic rings. The molecule has 0 aliphatic carbocycles. The minimum absolute atomic E-state index is 0.201. The molecule has 8 nitrogen and oxygen atoms in total. The summed E-state index contributed by atoms with van der Waals surface area (Å²) in [5.41, 5.74) is 3.44. The van der Waals surface area contributed by atoms with Crippen LogP contribution in [0, 0.1) is 0 Å². The first-order valence-corrected chi connectivity index (χ1v) is 11.1. The quantitative estimate of drug-likeness (QED) is 0.474. The molecule has 1 fully saturated rings. The molecular formula is C23H25ClN6O2. The number of hydrogen-bond acceptors (Lipinski definition) is 6. The molecule has 9 heteroatoms. The van der Waals surface area contributed by atoms with E-state index in [4.69, 9.17) is 16.3 Å². The van der Waals surface area contributed by atoms with Gasteiger partial charge in [0.2, 0.25) is 0 Å². The summed E-state index contributed by atoms with van der Waals surface area (Å²) >= 11 is 6.05. The first-order chi connectivity index (χ1) is 15.3. The molecule has 0 amide bonds. The second-order valence-electron chi connectivity index (χ2n) is 9.11. The van der Waals surface area contributed by atoms with Crippen molar-refractivity contribution in [3.8, 4) is 0 Å². The lowest BCUT2D eigenvalue weighted by Gasteiger charge is -2.27. The Morgan fingerprint density at radius 2 is 1.75 bits per heavy atom. The number of aromatic nitrogens is 5. The number of nitrogens with zero attached hydrogens (tertiary/aromatic N) is 6. The van der Waals surface area contributed by atoms with Crippen LogP contribution in [0.1, 0.15) is 32.0 Å². The standard InChI is InChI=1S/C23H25ClN6O2/c1-23(2,3)19-12-18-21-17(13-20(25-26-21)28-8-10-32-11-9-28)29(22(31)30(18)27-19)14-15-4-6-16(24)7-5-15/h4-7,12-13H,8-11,14H2,1-3H3. The number of anilines is 1. The normalized spacial score (nSPS) is 15.1. The summed E-state index contributed by atoms with van der Waals surface area (Å²) in [5.74, 6) is 0.741. The zero-order chi connectivity index (χ0) is 22.5. The van der Waals surface area contributed by atoms with Gasteiger partial charge in [0.05, 0.1) is 31.0 Å². The minimum Gasteiger partial charge on any atom is -0.378 e. The SMILES string of the molecule is CC(C)(C)c1cc2c3nnc(N4CCOCC4)cc3n(Cc3ccc(Cl)cc3)c(=O)n2n1. The van der Waals surface area contributed by atoms with E-state index in [1.807, 2.05) is 36.4 Å². The number of hydrogen-bond donors (Lipinski definition) is 0. The highest BCUT2D eigenvalue weighted by molar-refractivity contribution is 6.30. The summed E-state index contributed by atoms with van der Waals surface area (Å²) < 4.78 is 8.62. The minimum atomic E-state index is -0.209. The monoisotopic (exact) mass is 452 g/mol. The van der Waals surface area contributed by atoms with Crippen molar-refractivity contribution >= 4 is 34.0 Å². The number of morpholine rings is 1. The average Bonchev–Trinajstić information content (AvgIpc) is 3.25. The zero-order valence-electron chi connectivity index (χ0n) is 18.4. The van der Waals surface area contributed by atoms with E-state index in [1.165, 1.54) is 4.52 Å². The molecule has 0 bridgehead atoms. The lowest BCUT2D eigenvalue weighted by atomic mass is 9.92. The van der Waals surface area contributed by atoms with Crippen LogP contribution in [0.3, 0.4) is 0 Å². The summed E-state index contributed by atoms with van der Waals surface area (Å²) in [4.78, 5) is 15.7. The molecular weight excluding hydrogens is 428 g/mol. The van der Waals surface area contributed by atoms with Gasteiger partial charge in [-0.2, -0.15) is 9.61 Å². The molecule has 0 N–H and O–H groups in total.